The third kappa shape index (κ3) is 5.37. The molecule has 2 rings (SSSR count). The van der Waals surface area contributed by atoms with E-state index in [4.69, 9.17) is 9.47 Å². The predicted molar refractivity (Wildman–Crippen MR) is 91.3 cm³/mol. The molecule has 0 unspecified atom stereocenters. The van der Waals surface area contributed by atoms with E-state index in [1.54, 1.807) is 13.1 Å². The molecule has 1 aromatic carbocycles. The van der Waals surface area contributed by atoms with Gasteiger partial charge in [0.25, 0.3) is 0 Å². The van der Waals surface area contributed by atoms with Crippen LogP contribution in [0, 0.1) is 0 Å². The number of carbonyl (C=O) groups is 1. The summed E-state index contributed by atoms with van der Waals surface area (Å²) in [6.45, 7) is 4.69. The summed E-state index contributed by atoms with van der Waals surface area (Å²) in [6.07, 6.45) is 1.85. The van der Waals surface area contributed by atoms with Gasteiger partial charge in [-0.1, -0.05) is 12.1 Å². The molecule has 0 atom stereocenters. The number of carbonyl (C=O) groups excluding carboxylic acids is 1. The number of thiazole rings is 1. The molecule has 1 aromatic heterocycles. The van der Waals surface area contributed by atoms with Crippen LogP contribution in [0.2, 0.25) is 0 Å². The first-order valence-corrected chi connectivity index (χ1v) is 8.21. The molecule has 0 fully saturated rings. The molecule has 0 aliphatic rings. The third-order valence-electron chi connectivity index (χ3n) is 2.77. The molecule has 1 heterocycles. The van der Waals surface area contributed by atoms with Crippen LogP contribution in [0.4, 0.5) is 5.13 Å². The van der Waals surface area contributed by atoms with Gasteiger partial charge in [0.05, 0.1) is 31.5 Å². The van der Waals surface area contributed by atoms with E-state index in [1.807, 2.05) is 36.6 Å². The second-order valence-electron chi connectivity index (χ2n) is 4.47. The smallest absolute Gasteiger partial charge is 0.311 e. The van der Waals surface area contributed by atoms with Gasteiger partial charge in [-0.15, -0.1) is 11.3 Å². The lowest BCUT2D eigenvalue weighted by atomic mass is 10.2. The van der Waals surface area contributed by atoms with Gasteiger partial charge in [-0.2, -0.15) is 5.10 Å². The van der Waals surface area contributed by atoms with Crippen molar-refractivity contribution in [2.75, 3.05) is 18.6 Å². The Morgan fingerprint density at radius 3 is 2.96 bits per heavy atom. The number of hydrogen-bond acceptors (Lipinski definition) is 7. The molecule has 2 aromatic rings. The van der Waals surface area contributed by atoms with E-state index in [1.165, 1.54) is 11.3 Å². The molecule has 0 aliphatic carbocycles. The number of hydrazone groups is 1. The number of nitrogens with one attached hydrogen (secondary N) is 1. The molecule has 0 saturated heterocycles. The van der Waals surface area contributed by atoms with Crippen molar-refractivity contribution in [3.8, 4) is 5.75 Å². The maximum Gasteiger partial charge on any atom is 0.311 e. The van der Waals surface area contributed by atoms with Crippen molar-refractivity contribution < 1.29 is 14.3 Å². The Morgan fingerprint density at radius 1 is 1.35 bits per heavy atom. The van der Waals surface area contributed by atoms with Gasteiger partial charge in [-0.3, -0.25) is 10.2 Å². The molecule has 0 spiro atoms. The minimum Gasteiger partial charge on any atom is -0.493 e. The van der Waals surface area contributed by atoms with Gasteiger partial charge in [0.1, 0.15) is 5.75 Å². The number of rotatable bonds is 8. The molecule has 0 bridgehead atoms. The number of esters is 1. The van der Waals surface area contributed by atoms with E-state index in [0.29, 0.717) is 24.0 Å². The van der Waals surface area contributed by atoms with E-state index in [2.05, 4.69) is 15.5 Å². The molecular formula is C16H19N3O3S. The van der Waals surface area contributed by atoms with Gasteiger partial charge >= 0.3 is 5.97 Å². The van der Waals surface area contributed by atoms with Crippen LogP contribution >= 0.6 is 11.3 Å². The number of para-hydroxylation sites is 1. The zero-order valence-corrected chi connectivity index (χ0v) is 13.9. The second-order valence-corrected chi connectivity index (χ2v) is 5.32. The first-order valence-electron chi connectivity index (χ1n) is 7.33. The Labute approximate surface area is 139 Å². The van der Waals surface area contributed by atoms with Crippen LogP contribution < -0.4 is 10.2 Å². The van der Waals surface area contributed by atoms with Gasteiger partial charge in [-0.25, -0.2) is 4.98 Å². The van der Waals surface area contributed by atoms with Crippen LogP contribution in [-0.2, 0) is 16.0 Å². The normalized spacial score (nSPS) is 10.7. The summed E-state index contributed by atoms with van der Waals surface area (Å²) in [4.78, 5) is 15.7. The second kappa shape index (κ2) is 8.89. The van der Waals surface area contributed by atoms with E-state index in [9.17, 15) is 4.79 Å². The van der Waals surface area contributed by atoms with Crippen LogP contribution in [0.5, 0.6) is 5.75 Å². The topological polar surface area (TPSA) is 72.8 Å². The quantitative estimate of drug-likeness (QED) is 0.456. The highest BCUT2D eigenvalue weighted by Crippen LogP contribution is 2.18. The monoisotopic (exact) mass is 333 g/mol. The van der Waals surface area contributed by atoms with Crippen molar-refractivity contribution in [3.63, 3.8) is 0 Å². The van der Waals surface area contributed by atoms with Crippen LogP contribution in [0.3, 0.4) is 0 Å². The van der Waals surface area contributed by atoms with Crippen LogP contribution in [0.1, 0.15) is 25.1 Å². The van der Waals surface area contributed by atoms with Crippen molar-refractivity contribution >= 4 is 28.7 Å². The van der Waals surface area contributed by atoms with Crippen molar-refractivity contribution in [3.05, 3.63) is 40.9 Å². The van der Waals surface area contributed by atoms with Gasteiger partial charge in [0.2, 0.25) is 5.13 Å². The highest BCUT2D eigenvalue weighted by Gasteiger charge is 2.08. The summed E-state index contributed by atoms with van der Waals surface area (Å²) in [5.74, 6) is 0.501. The fourth-order valence-electron chi connectivity index (χ4n) is 1.83. The van der Waals surface area contributed by atoms with E-state index in [-0.39, 0.29) is 12.4 Å². The number of benzene rings is 1. The van der Waals surface area contributed by atoms with Crippen molar-refractivity contribution in [1.82, 2.24) is 4.98 Å². The largest absolute Gasteiger partial charge is 0.493 e. The van der Waals surface area contributed by atoms with Crippen LogP contribution in [0.25, 0.3) is 0 Å². The molecule has 0 radical (unpaired) electrons. The lowest BCUT2D eigenvalue weighted by Crippen LogP contribution is -2.07. The highest BCUT2D eigenvalue weighted by atomic mass is 32.1. The van der Waals surface area contributed by atoms with Gasteiger partial charge in [-0.05, 0) is 26.0 Å². The summed E-state index contributed by atoms with van der Waals surface area (Å²) in [5, 5.41) is 6.59. The standard InChI is InChI=1S/C16H19N3O3S/c1-3-21-14-8-6-5-7-12(14)10-17-19-16-18-13(11-23-16)9-15(20)22-4-2/h5-8,10-11H,3-4,9H2,1-2H3,(H,18,19)/b17-10-. The first-order chi connectivity index (χ1) is 11.2. The van der Waals surface area contributed by atoms with Crippen LogP contribution in [0.15, 0.2) is 34.7 Å². The zero-order chi connectivity index (χ0) is 16.5. The molecule has 6 nitrogen and oxygen atoms in total. The average molecular weight is 333 g/mol. The molecule has 0 saturated carbocycles. The maximum absolute atomic E-state index is 11.4. The summed E-state index contributed by atoms with van der Waals surface area (Å²) in [7, 11) is 0. The minimum atomic E-state index is -0.279. The number of nitrogens with zero attached hydrogens (tertiary/aromatic N) is 2. The Balaban J connectivity index is 1.93. The molecule has 0 amide bonds. The van der Waals surface area contributed by atoms with Crippen molar-refractivity contribution in [2.24, 2.45) is 5.10 Å². The summed E-state index contributed by atoms with van der Waals surface area (Å²) in [5.41, 5.74) is 4.40. The van der Waals surface area contributed by atoms with E-state index >= 15 is 0 Å². The van der Waals surface area contributed by atoms with E-state index in [0.717, 1.165) is 11.3 Å². The fourth-order valence-corrected chi connectivity index (χ4v) is 2.49. The lowest BCUT2D eigenvalue weighted by molar-refractivity contribution is -0.142. The maximum atomic E-state index is 11.4. The molecule has 122 valence electrons. The summed E-state index contributed by atoms with van der Waals surface area (Å²) < 4.78 is 10.4. The van der Waals surface area contributed by atoms with E-state index < -0.39 is 0 Å². The lowest BCUT2D eigenvalue weighted by Gasteiger charge is -2.05. The number of hydrogen-bond donors (Lipinski definition) is 1. The summed E-state index contributed by atoms with van der Waals surface area (Å²) in [6, 6.07) is 7.65. The van der Waals surface area contributed by atoms with Crippen LogP contribution in [-0.4, -0.2) is 30.4 Å². The Bertz CT molecular complexity index is 670. The number of anilines is 1. The molecule has 23 heavy (non-hydrogen) atoms. The predicted octanol–water partition coefficient (Wildman–Crippen LogP) is 3.09. The van der Waals surface area contributed by atoms with Gasteiger partial charge < -0.3 is 9.47 Å². The zero-order valence-electron chi connectivity index (χ0n) is 13.1. The minimum absolute atomic E-state index is 0.170. The highest BCUT2D eigenvalue weighted by molar-refractivity contribution is 7.13. The molecular weight excluding hydrogens is 314 g/mol. The Kier molecular flexibility index (Phi) is 6.56. The number of aromatic nitrogens is 1. The van der Waals surface area contributed by atoms with Gasteiger partial charge in [0.15, 0.2) is 0 Å². The average Bonchev–Trinajstić information content (AvgIpc) is 2.97. The SMILES string of the molecule is CCOC(=O)Cc1csc(N/N=C\c2ccccc2OCC)n1. The molecule has 0 aliphatic heterocycles. The third-order valence-corrected chi connectivity index (χ3v) is 3.56. The Morgan fingerprint density at radius 2 is 2.17 bits per heavy atom. The molecule has 7 heteroatoms. The summed E-state index contributed by atoms with van der Waals surface area (Å²) >= 11 is 1.38. The fraction of sp³-hybridized carbons (Fsp3) is 0.312. The first kappa shape index (κ1) is 17.0. The number of ether oxygens (including phenoxy) is 2. The van der Waals surface area contributed by atoms with Gasteiger partial charge in [0, 0.05) is 10.9 Å². The Hall–Kier alpha value is -2.41. The van der Waals surface area contributed by atoms with Crippen molar-refractivity contribution in [2.45, 2.75) is 20.3 Å². The van der Waals surface area contributed by atoms with Crippen molar-refractivity contribution in [1.29, 1.82) is 0 Å². The molecule has 1 N–H and O–H groups in total.